The molecule has 168 valence electrons. The molecule has 34 heavy (non-hydrogen) atoms. The highest BCUT2D eigenvalue weighted by Gasteiger charge is 2.35. The van der Waals surface area contributed by atoms with Gasteiger partial charge in [-0.05, 0) is 35.4 Å². The smallest absolute Gasteiger partial charge is 0.244 e. The van der Waals surface area contributed by atoms with Crippen LogP contribution in [0.25, 0.3) is 11.3 Å². The van der Waals surface area contributed by atoms with Gasteiger partial charge in [-0.15, -0.1) is 5.10 Å². The van der Waals surface area contributed by atoms with Gasteiger partial charge in [0, 0.05) is 15.6 Å². The van der Waals surface area contributed by atoms with E-state index in [-0.39, 0.29) is 12.5 Å². The predicted molar refractivity (Wildman–Crippen MR) is 131 cm³/mol. The van der Waals surface area contributed by atoms with Crippen molar-refractivity contribution >= 4 is 23.2 Å². The largest absolute Gasteiger partial charge is 0.489 e. The number of rotatable bonds is 5. The van der Waals surface area contributed by atoms with Gasteiger partial charge >= 0.3 is 0 Å². The highest BCUT2D eigenvalue weighted by molar-refractivity contribution is 6.35. The van der Waals surface area contributed by atoms with Crippen molar-refractivity contribution in [2.75, 3.05) is 0 Å². The molecule has 0 spiro atoms. The second-order valence-corrected chi connectivity index (χ2v) is 8.55. The second-order valence-electron chi connectivity index (χ2n) is 7.71. The Morgan fingerprint density at radius 3 is 2.65 bits per heavy atom. The summed E-state index contributed by atoms with van der Waals surface area (Å²) in [5.74, 6) is 0.521. The zero-order valence-corrected chi connectivity index (χ0v) is 19.3. The topological polar surface area (TPSA) is 97.0 Å². The molecule has 5 rings (SSSR count). The number of allylic oxidation sites excluding steroid dienone is 1. The van der Waals surface area contributed by atoms with E-state index in [9.17, 15) is 5.26 Å². The Bertz CT molecular complexity index is 1440. The van der Waals surface area contributed by atoms with Crippen LogP contribution in [0.3, 0.4) is 0 Å². The second kappa shape index (κ2) is 9.14. The summed E-state index contributed by atoms with van der Waals surface area (Å²) in [5.41, 5.74) is 10.5. The summed E-state index contributed by atoms with van der Waals surface area (Å²) in [6.45, 7) is 0.266. The average molecular weight is 489 g/mol. The Morgan fingerprint density at radius 1 is 1.06 bits per heavy atom. The quantitative estimate of drug-likeness (QED) is 0.349. The van der Waals surface area contributed by atoms with E-state index in [2.05, 4.69) is 16.3 Å². The van der Waals surface area contributed by atoms with E-state index in [1.165, 1.54) is 0 Å². The minimum Gasteiger partial charge on any atom is -0.489 e. The molecule has 3 N–H and O–H groups in total. The van der Waals surface area contributed by atoms with Crippen LogP contribution in [0.4, 0.5) is 0 Å². The van der Waals surface area contributed by atoms with E-state index in [0.717, 1.165) is 27.9 Å². The maximum Gasteiger partial charge on any atom is 0.244 e. The number of aromatic amines is 1. The Kier molecular flexibility index (Phi) is 5.89. The summed E-state index contributed by atoms with van der Waals surface area (Å²) in [6.07, 6.45) is 0. The van der Waals surface area contributed by atoms with Crippen molar-refractivity contribution in [1.29, 1.82) is 5.26 Å². The summed E-state index contributed by atoms with van der Waals surface area (Å²) in [6, 6.07) is 24.8. The number of nitrogens with zero attached hydrogens (tertiary/aromatic N) is 2. The molecular formula is C26H18Cl2N4O2. The lowest BCUT2D eigenvalue weighted by Crippen LogP contribution is -2.21. The van der Waals surface area contributed by atoms with Gasteiger partial charge in [-0.25, -0.2) is 0 Å². The molecule has 0 unspecified atom stereocenters. The van der Waals surface area contributed by atoms with Crippen molar-refractivity contribution in [3.05, 3.63) is 111 Å². The van der Waals surface area contributed by atoms with Gasteiger partial charge in [-0.2, -0.15) is 5.26 Å². The zero-order valence-electron chi connectivity index (χ0n) is 17.8. The van der Waals surface area contributed by atoms with E-state index in [4.69, 9.17) is 38.4 Å². The SMILES string of the molecule is N#CC1=C(N)Oc2n[nH]c(-c3ccccc3)c2[C@H]1c1cccc(OCc2ccc(Cl)cc2Cl)c1. The zero-order chi connectivity index (χ0) is 23.7. The molecule has 2 heterocycles. The molecule has 6 nitrogen and oxygen atoms in total. The lowest BCUT2D eigenvalue weighted by Gasteiger charge is -2.24. The Balaban J connectivity index is 1.53. The summed E-state index contributed by atoms with van der Waals surface area (Å²) >= 11 is 12.3. The molecule has 0 saturated carbocycles. The van der Waals surface area contributed by atoms with Crippen molar-refractivity contribution in [1.82, 2.24) is 10.2 Å². The van der Waals surface area contributed by atoms with Crippen LogP contribution in [0, 0.1) is 11.3 Å². The monoisotopic (exact) mass is 488 g/mol. The first kappa shape index (κ1) is 21.9. The molecule has 3 aromatic carbocycles. The number of ether oxygens (including phenoxy) is 2. The fraction of sp³-hybridized carbons (Fsp3) is 0.0769. The molecule has 0 fully saturated rings. The van der Waals surface area contributed by atoms with E-state index in [1.54, 1.807) is 12.1 Å². The number of fused-ring (bicyclic) bond motifs is 1. The molecule has 8 heteroatoms. The number of halogens is 2. The van der Waals surface area contributed by atoms with Gasteiger partial charge in [0.25, 0.3) is 0 Å². The van der Waals surface area contributed by atoms with Crippen molar-refractivity contribution in [3.8, 4) is 29.0 Å². The molecular weight excluding hydrogens is 471 g/mol. The number of nitrogens with one attached hydrogen (secondary N) is 1. The highest BCUT2D eigenvalue weighted by Crippen LogP contribution is 2.46. The van der Waals surface area contributed by atoms with Crippen LogP contribution in [0.2, 0.25) is 10.0 Å². The minimum atomic E-state index is -0.481. The number of benzene rings is 3. The third kappa shape index (κ3) is 4.08. The lowest BCUT2D eigenvalue weighted by molar-refractivity contribution is 0.306. The fourth-order valence-electron chi connectivity index (χ4n) is 3.99. The van der Waals surface area contributed by atoms with E-state index < -0.39 is 5.92 Å². The van der Waals surface area contributed by atoms with Gasteiger partial charge in [0.2, 0.25) is 11.8 Å². The van der Waals surface area contributed by atoms with Gasteiger partial charge in [0.05, 0.1) is 17.2 Å². The van der Waals surface area contributed by atoms with E-state index >= 15 is 0 Å². The van der Waals surface area contributed by atoms with E-state index in [1.807, 2.05) is 60.7 Å². The molecule has 0 amide bonds. The highest BCUT2D eigenvalue weighted by atomic mass is 35.5. The van der Waals surface area contributed by atoms with Gasteiger partial charge in [0.15, 0.2) is 0 Å². The fourth-order valence-corrected chi connectivity index (χ4v) is 4.45. The third-order valence-electron chi connectivity index (χ3n) is 5.60. The van der Waals surface area contributed by atoms with Crippen molar-refractivity contribution < 1.29 is 9.47 Å². The molecule has 0 saturated heterocycles. The molecule has 1 aliphatic rings. The van der Waals surface area contributed by atoms with Crippen LogP contribution >= 0.6 is 23.2 Å². The first-order valence-corrected chi connectivity index (χ1v) is 11.2. The molecule has 0 bridgehead atoms. The first-order valence-electron chi connectivity index (χ1n) is 10.4. The van der Waals surface area contributed by atoms with Crippen LogP contribution in [0.15, 0.2) is 84.3 Å². The van der Waals surface area contributed by atoms with Gasteiger partial charge in [-0.1, -0.05) is 71.7 Å². The van der Waals surface area contributed by atoms with Crippen LogP contribution in [-0.4, -0.2) is 10.2 Å². The van der Waals surface area contributed by atoms with Crippen LogP contribution in [-0.2, 0) is 6.61 Å². The number of H-pyrrole nitrogens is 1. The van der Waals surface area contributed by atoms with E-state index in [0.29, 0.717) is 27.2 Å². The van der Waals surface area contributed by atoms with Crippen molar-refractivity contribution in [2.45, 2.75) is 12.5 Å². The number of nitriles is 1. The van der Waals surface area contributed by atoms with Crippen LogP contribution < -0.4 is 15.2 Å². The van der Waals surface area contributed by atoms with Gasteiger partial charge < -0.3 is 15.2 Å². The Hall–Kier alpha value is -3.92. The van der Waals surface area contributed by atoms with Crippen LogP contribution in [0.5, 0.6) is 11.6 Å². The standard InChI is InChI=1S/C26H18Cl2N4O2/c27-18-10-9-17(21(28)12-18)14-33-19-8-4-7-16(11-19)22-20(13-29)25(30)34-26-23(22)24(31-32-26)15-5-2-1-3-6-15/h1-12,22H,14,30H2,(H,31,32)/t22-/m0/s1. The molecule has 0 radical (unpaired) electrons. The summed E-state index contributed by atoms with van der Waals surface area (Å²) in [5, 5.41) is 18.4. The van der Waals surface area contributed by atoms with Crippen molar-refractivity contribution in [2.24, 2.45) is 5.73 Å². The molecule has 1 aromatic heterocycles. The summed E-state index contributed by atoms with van der Waals surface area (Å²) in [4.78, 5) is 0. The normalized spacial score (nSPS) is 14.8. The molecule has 1 aliphatic heterocycles. The van der Waals surface area contributed by atoms with Gasteiger partial charge in [-0.3, -0.25) is 5.10 Å². The summed E-state index contributed by atoms with van der Waals surface area (Å²) in [7, 11) is 0. The van der Waals surface area contributed by atoms with Gasteiger partial charge in [0.1, 0.15) is 24.0 Å². The number of aromatic nitrogens is 2. The molecule has 4 aromatic rings. The molecule has 0 aliphatic carbocycles. The third-order valence-corrected chi connectivity index (χ3v) is 6.19. The van der Waals surface area contributed by atoms with Crippen molar-refractivity contribution in [3.63, 3.8) is 0 Å². The average Bonchev–Trinajstić information content (AvgIpc) is 3.26. The number of nitrogens with two attached hydrogens (primary N) is 1. The lowest BCUT2D eigenvalue weighted by atomic mass is 9.83. The Labute approximate surface area is 206 Å². The Morgan fingerprint density at radius 2 is 1.88 bits per heavy atom. The maximum atomic E-state index is 9.94. The first-order chi connectivity index (χ1) is 16.5. The molecule has 1 atom stereocenters. The maximum absolute atomic E-state index is 9.94. The predicted octanol–water partition coefficient (Wildman–Crippen LogP) is 6.18. The van der Waals surface area contributed by atoms with Crippen LogP contribution in [0.1, 0.15) is 22.6 Å². The number of hydrogen-bond donors (Lipinski definition) is 2. The summed E-state index contributed by atoms with van der Waals surface area (Å²) < 4.78 is 11.7. The minimum absolute atomic E-state index is 0.0328. The number of hydrogen-bond acceptors (Lipinski definition) is 5.